The average Bonchev–Trinajstić information content (AvgIpc) is 3.11. The van der Waals surface area contributed by atoms with Crippen molar-refractivity contribution in [1.29, 1.82) is 0 Å². The van der Waals surface area contributed by atoms with Crippen LogP contribution in [0.15, 0.2) is 34.4 Å². The van der Waals surface area contributed by atoms with Crippen molar-refractivity contribution in [2.24, 2.45) is 10.3 Å². The molecule has 0 bridgehead atoms. The van der Waals surface area contributed by atoms with Crippen molar-refractivity contribution < 1.29 is 22.7 Å². The van der Waals surface area contributed by atoms with Crippen LogP contribution in [-0.4, -0.2) is 56.2 Å². The van der Waals surface area contributed by atoms with E-state index in [0.29, 0.717) is 36.1 Å². The summed E-state index contributed by atoms with van der Waals surface area (Å²) < 4.78 is 40.5. The van der Waals surface area contributed by atoms with Crippen LogP contribution in [0, 0.1) is 5.92 Å². The zero-order valence-electron chi connectivity index (χ0n) is 15.2. The number of likely N-dealkylation sites (tertiary alicyclic amines) is 1. The number of hydrogen-bond donors (Lipinski definition) is 0. The van der Waals surface area contributed by atoms with E-state index in [0.717, 1.165) is 17.1 Å². The van der Waals surface area contributed by atoms with Crippen LogP contribution in [0.5, 0.6) is 11.5 Å². The Hall–Kier alpha value is -2.55. The molecule has 27 heavy (non-hydrogen) atoms. The lowest BCUT2D eigenvalue weighted by atomic mass is 9.99. The van der Waals surface area contributed by atoms with Crippen LogP contribution >= 0.6 is 0 Å². The molecule has 1 aromatic carbocycles. The molecule has 1 aromatic rings. The second-order valence-corrected chi connectivity index (χ2v) is 8.62. The molecule has 0 aromatic heterocycles. The quantitative estimate of drug-likeness (QED) is 0.763. The maximum atomic E-state index is 13.0. The van der Waals surface area contributed by atoms with Gasteiger partial charge in [-0.1, -0.05) is 6.92 Å². The van der Waals surface area contributed by atoms with E-state index in [4.69, 9.17) is 9.47 Å². The predicted molar refractivity (Wildman–Crippen MR) is 98.8 cm³/mol. The standard InChI is InChI=1S/C18H21N3O5S/c1-12-5-7-21(8-6-12)18(22)15-10-14(19-27(23,24)20(15)2)13-3-4-16-17(9-13)26-11-25-16/h3-4,9-10,12H,5-8,11H2,1-2H3. The zero-order valence-corrected chi connectivity index (χ0v) is 16.0. The highest BCUT2D eigenvalue weighted by Crippen LogP contribution is 2.33. The van der Waals surface area contributed by atoms with Gasteiger partial charge >= 0.3 is 10.2 Å². The first-order valence-electron chi connectivity index (χ1n) is 8.85. The minimum Gasteiger partial charge on any atom is -0.454 e. The Kier molecular flexibility index (Phi) is 4.33. The van der Waals surface area contributed by atoms with E-state index >= 15 is 0 Å². The molecule has 1 saturated heterocycles. The van der Waals surface area contributed by atoms with Crippen molar-refractivity contribution in [3.63, 3.8) is 0 Å². The molecule has 0 unspecified atom stereocenters. The van der Waals surface area contributed by atoms with Gasteiger partial charge in [0.25, 0.3) is 5.91 Å². The third-order valence-corrected chi connectivity index (χ3v) is 6.45. The Balaban J connectivity index is 1.69. The minimum atomic E-state index is -3.98. The van der Waals surface area contributed by atoms with Crippen molar-refractivity contribution in [2.75, 3.05) is 26.9 Å². The summed E-state index contributed by atoms with van der Waals surface area (Å²) in [5.41, 5.74) is 0.862. The van der Waals surface area contributed by atoms with Gasteiger partial charge in [-0.05, 0) is 43.0 Å². The van der Waals surface area contributed by atoms with Gasteiger partial charge in [-0.2, -0.15) is 8.42 Å². The smallest absolute Gasteiger partial charge is 0.345 e. The molecule has 0 N–H and O–H groups in total. The molecule has 144 valence electrons. The number of amides is 1. The Labute approximate surface area is 158 Å². The number of rotatable bonds is 2. The molecule has 9 heteroatoms. The van der Waals surface area contributed by atoms with Gasteiger partial charge in [-0.25, -0.2) is 4.31 Å². The van der Waals surface area contributed by atoms with Crippen LogP contribution in [0.25, 0.3) is 0 Å². The number of benzene rings is 1. The van der Waals surface area contributed by atoms with E-state index < -0.39 is 10.2 Å². The van der Waals surface area contributed by atoms with Crippen LogP contribution in [0.2, 0.25) is 0 Å². The predicted octanol–water partition coefficient (Wildman–Crippen LogP) is 1.54. The maximum absolute atomic E-state index is 13.0. The largest absolute Gasteiger partial charge is 0.454 e. The van der Waals surface area contributed by atoms with Gasteiger partial charge in [-0.15, -0.1) is 4.40 Å². The van der Waals surface area contributed by atoms with E-state index in [1.54, 1.807) is 23.1 Å². The second-order valence-electron chi connectivity index (χ2n) is 6.99. The van der Waals surface area contributed by atoms with Crippen molar-refractivity contribution in [3.8, 4) is 11.5 Å². The van der Waals surface area contributed by atoms with Crippen LogP contribution in [-0.2, 0) is 15.0 Å². The molecule has 8 nitrogen and oxygen atoms in total. The molecule has 0 spiro atoms. The molecule has 3 aliphatic rings. The molecule has 1 fully saturated rings. The van der Waals surface area contributed by atoms with Gasteiger partial charge < -0.3 is 14.4 Å². The summed E-state index contributed by atoms with van der Waals surface area (Å²) in [5.74, 6) is 1.40. The summed E-state index contributed by atoms with van der Waals surface area (Å²) in [6.45, 7) is 3.53. The molecule has 4 rings (SSSR count). The van der Waals surface area contributed by atoms with Crippen LogP contribution in [0.4, 0.5) is 0 Å². The third-order valence-electron chi connectivity index (χ3n) is 5.13. The lowest BCUT2D eigenvalue weighted by molar-refractivity contribution is -0.129. The Morgan fingerprint density at radius 3 is 2.63 bits per heavy atom. The van der Waals surface area contributed by atoms with Gasteiger partial charge in [0.2, 0.25) is 6.79 Å². The van der Waals surface area contributed by atoms with E-state index in [2.05, 4.69) is 11.3 Å². The number of piperidine rings is 1. The summed E-state index contributed by atoms with van der Waals surface area (Å²) >= 11 is 0. The van der Waals surface area contributed by atoms with E-state index in [-0.39, 0.29) is 24.1 Å². The minimum absolute atomic E-state index is 0.104. The first-order chi connectivity index (χ1) is 12.8. The van der Waals surface area contributed by atoms with E-state index in [9.17, 15) is 13.2 Å². The van der Waals surface area contributed by atoms with Gasteiger partial charge in [0.15, 0.2) is 11.5 Å². The molecule has 3 aliphatic heterocycles. The van der Waals surface area contributed by atoms with E-state index in [1.807, 2.05) is 0 Å². The summed E-state index contributed by atoms with van der Waals surface area (Å²) in [4.78, 5) is 14.7. The fraction of sp³-hybridized carbons (Fsp3) is 0.444. The third kappa shape index (κ3) is 3.27. The first-order valence-corrected chi connectivity index (χ1v) is 10.2. The number of allylic oxidation sites excluding steroid dienone is 1. The van der Waals surface area contributed by atoms with Crippen LogP contribution in [0.1, 0.15) is 25.3 Å². The molecule has 0 radical (unpaired) electrons. The first kappa shape index (κ1) is 17.8. The van der Waals surface area contributed by atoms with Crippen molar-refractivity contribution in [1.82, 2.24) is 9.21 Å². The number of likely N-dealkylation sites (N-methyl/N-ethyl adjacent to an activating group) is 1. The molecule has 1 amide bonds. The Morgan fingerprint density at radius 2 is 1.89 bits per heavy atom. The lowest BCUT2D eigenvalue weighted by Gasteiger charge is -2.33. The lowest BCUT2D eigenvalue weighted by Crippen LogP contribution is -2.44. The Morgan fingerprint density at radius 1 is 1.19 bits per heavy atom. The number of carbonyl (C=O) groups is 1. The van der Waals surface area contributed by atoms with Gasteiger partial charge in [0.1, 0.15) is 5.70 Å². The highest BCUT2D eigenvalue weighted by molar-refractivity contribution is 7.88. The van der Waals surface area contributed by atoms with Crippen LogP contribution < -0.4 is 9.47 Å². The monoisotopic (exact) mass is 391 g/mol. The SMILES string of the molecule is CC1CCN(C(=O)C2=CC(c3ccc4c(c3)OCO4)=NS(=O)(=O)N2C)CC1. The second kappa shape index (κ2) is 6.56. The summed E-state index contributed by atoms with van der Waals surface area (Å²) in [7, 11) is -2.63. The number of ether oxygens (including phenoxy) is 2. The number of carbonyl (C=O) groups excluding carboxylic acids is 1. The zero-order chi connectivity index (χ0) is 19.2. The van der Waals surface area contributed by atoms with Gasteiger partial charge in [-0.3, -0.25) is 4.79 Å². The maximum Gasteiger partial charge on any atom is 0.345 e. The average molecular weight is 391 g/mol. The van der Waals surface area contributed by atoms with Crippen LogP contribution in [0.3, 0.4) is 0 Å². The molecule has 0 atom stereocenters. The molecule has 0 aliphatic carbocycles. The fourth-order valence-corrected chi connectivity index (χ4v) is 4.23. The van der Waals surface area contributed by atoms with Crippen molar-refractivity contribution in [3.05, 3.63) is 35.5 Å². The van der Waals surface area contributed by atoms with Crippen molar-refractivity contribution >= 4 is 21.8 Å². The van der Waals surface area contributed by atoms with Gasteiger partial charge in [0.05, 0.1) is 5.71 Å². The summed E-state index contributed by atoms with van der Waals surface area (Å²) in [6.07, 6.45) is 3.36. The van der Waals surface area contributed by atoms with E-state index in [1.165, 1.54) is 13.1 Å². The van der Waals surface area contributed by atoms with Gasteiger partial charge in [0, 0.05) is 25.7 Å². The van der Waals surface area contributed by atoms with Crippen molar-refractivity contribution in [2.45, 2.75) is 19.8 Å². The number of fused-ring (bicyclic) bond motifs is 1. The molecular weight excluding hydrogens is 370 g/mol. The fourth-order valence-electron chi connectivity index (χ4n) is 3.32. The topological polar surface area (TPSA) is 88.5 Å². The normalized spacial score (nSPS) is 21.7. The highest BCUT2D eigenvalue weighted by Gasteiger charge is 2.33. The molecule has 3 heterocycles. The number of hydrogen-bond acceptors (Lipinski definition) is 5. The summed E-state index contributed by atoms with van der Waals surface area (Å²) in [5, 5.41) is 0. The summed E-state index contributed by atoms with van der Waals surface area (Å²) in [6, 6.07) is 5.07. The highest BCUT2D eigenvalue weighted by atomic mass is 32.2. The Bertz CT molecular complexity index is 946. The molecular formula is C18H21N3O5S. The molecule has 0 saturated carbocycles. The number of nitrogens with zero attached hydrogens (tertiary/aromatic N) is 3.